The Morgan fingerprint density at radius 3 is 2.83 bits per heavy atom. The number of pyridine rings is 2. The summed E-state index contributed by atoms with van der Waals surface area (Å²) in [7, 11) is 0. The molecule has 23 heavy (non-hydrogen) atoms. The maximum Gasteiger partial charge on any atom is 0.0723 e. The minimum Gasteiger partial charge on any atom is -0.371 e. The van der Waals surface area contributed by atoms with Crippen molar-refractivity contribution >= 4 is 32.5 Å². The molecule has 1 unspecified atom stereocenters. The number of fused-ring (bicyclic) bond motifs is 1. The molecule has 3 aromatic rings. The van der Waals surface area contributed by atoms with Crippen LogP contribution in [0.3, 0.4) is 0 Å². The summed E-state index contributed by atoms with van der Waals surface area (Å²) < 4.78 is 1.10. The van der Waals surface area contributed by atoms with Gasteiger partial charge in [-0.3, -0.25) is 9.97 Å². The number of rotatable bonds is 3. The lowest BCUT2D eigenvalue weighted by atomic mass is 10.00. The largest absolute Gasteiger partial charge is 0.371 e. The summed E-state index contributed by atoms with van der Waals surface area (Å²) in [4.78, 5) is 11.1. The fourth-order valence-electron chi connectivity index (χ4n) is 3.45. The van der Waals surface area contributed by atoms with E-state index in [0.29, 0.717) is 5.92 Å². The zero-order valence-electron chi connectivity index (χ0n) is 12.8. The summed E-state index contributed by atoms with van der Waals surface area (Å²) in [6.07, 6.45) is 8.06. The van der Waals surface area contributed by atoms with Crippen LogP contribution in [0.4, 0.5) is 5.69 Å². The zero-order valence-corrected chi connectivity index (χ0v) is 14.4. The summed E-state index contributed by atoms with van der Waals surface area (Å²) in [5.41, 5.74) is 3.74. The van der Waals surface area contributed by atoms with Crippen LogP contribution in [-0.4, -0.2) is 23.1 Å². The van der Waals surface area contributed by atoms with Gasteiger partial charge in [0.15, 0.2) is 0 Å². The molecule has 0 saturated carbocycles. The van der Waals surface area contributed by atoms with Gasteiger partial charge in [0.1, 0.15) is 0 Å². The lowest BCUT2D eigenvalue weighted by Crippen LogP contribution is -2.20. The molecule has 3 heterocycles. The van der Waals surface area contributed by atoms with Crippen LogP contribution in [-0.2, 0) is 6.42 Å². The number of hydrogen-bond acceptors (Lipinski definition) is 3. The van der Waals surface area contributed by atoms with Gasteiger partial charge in [0.2, 0.25) is 0 Å². The average molecular weight is 368 g/mol. The van der Waals surface area contributed by atoms with Gasteiger partial charge in [-0.25, -0.2) is 0 Å². The maximum atomic E-state index is 4.49. The van der Waals surface area contributed by atoms with Gasteiger partial charge in [-0.1, -0.05) is 15.9 Å². The second-order valence-corrected chi connectivity index (χ2v) is 7.07. The van der Waals surface area contributed by atoms with Gasteiger partial charge in [-0.05, 0) is 60.7 Å². The number of aromatic nitrogens is 2. The third-order valence-electron chi connectivity index (χ3n) is 4.58. The Morgan fingerprint density at radius 2 is 1.96 bits per heavy atom. The zero-order chi connectivity index (χ0) is 15.6. The molecule has 1 aromatic carbocycles. The van der Waals surface area contributed by atoms with Crippen LogP contribution >= 0.6 is 15.9 Å². The molecule has 1 saturated heterocycles. The standard InChI is InChI=1S/C19H18BrN3/c20-16-1-2-18-17(12-16)19(5-9-22-18)23-10-6-15(13-23)11-14-3-7-21-8-4-14/h1-5,7-9,12,15H,6,10-11,13H2. The van der Waals surface area contributed by atoms with Gasteiger partial charge in [-0.15, -0.1) is 0 Å². The van der Waals surface area contributed by atoms with Crippen LogP contribution in [0.25, 0.3) is 10.9 Å². The third kappa shape index (κ3) is 3.08. The van der Waals surface area contributed by atoms with Crippen molar-refractivity contribution in [1.29, 1.82) is 0 Å². The highest BCUT2D eigenvalue weighted by Crippen LogP contribution is 2.32. The fraction of sp³-hybridized carbons (Fsp3) is 0.263. The minimum atomic E-state index is 0.702. The van der Waals surface area contributed by atoms with E-state index in [1.54, 1.807) is 0 Å². The first kappa shape index (κ1) is 14.6. The molecule has 3 nitrogen and oxygen atoms in total. The highest BCUT2D eigenvalue weighted by atomic mass is 79.9. The molecule has 2 aromatic heterocycles. The average Bonchev–Trinajstić information content (AvgIpc) is 3.03. The van der Waals surface area contributed by atoms with E-state index in [0.717, 1.165) is 29.5 Å². The molecule has 116 valence electrons. The van der Waals surface area contributed by atoms with Crippen molar-refractivity contribution < 1.29 is 0 Å². The second kappa shape index (κ2) is 6.28. The molecule has 1 aliphatic rings. The molecular weight excluding hydrogens is 350 g/mol. The van der Waals surface area contributed by atoms with Crippen molar-refractivity contribution in [3.05, 3.63) is 65.0 Å². The summed E-state index contributed by atoms with van der Waals surface area (Å²) in [6.45, 7) is 2.22. The molecule has 1 atom stereocenters. The van der Waals surface area contributed by atoms with E-state index >= 15 is 0 Å². The quantitative estimate of drug-likeness (QED) is 0.684. The molecule has 0 spiro atoms. The number of halogens is 1. The van der Waals surface area contributed by atoms with Gasteiger partial charge in [-0.2, -0.15) is 0 Å². The molecule has 4 rings (SSSR count). The van der Waals surface area contributed by atoms with Crippen LogP contribution < -0.4 is 4.90 Å². The molecule has 0 amide bonds. The summed E-state index contributed by atoms with van der Waals surface area (Å²) in [5, 5.41) is 1.23. The molecule has 0 N–H and O–H groups in total. The molecule has 0 bridgehead atoms. The first-order chi connectivity index (χ1) is 11.3. The number of benzene rings is 1. The van der Waals surface area contributed by atoms with Crippen LogP contribution in [0.15, 0.2) is 59.5 Å². The highest BCUT2D eigenvalue weighted by Gasteiger charge is 2.24. The molecule has 0 aliphatic carbocycles. The Bertz CT molecular complexity index is 819. The Morgan fingerprint density at radius 1 is 1.09 bits per heavy atom. The minimum absolute atomic E-state index is 0.702. The fourth-order valence-corrected chi connectivity index (χ4v) is 3.81. The van der Waals surface area contributed by atoms with Crippen molar-refractivity contribution in [3.63, 3.8) is 0 Å². The van der Waals surface area contributed by atoms with E-state index in [2.05, 4.69) is 67.2 Å². The SMILES string of the molecule is Brc1ccc2nccc(N3CCC(Cc4ccncc4)C3)c2c1. The molecular formula is C19H18BrN3. The van der Waals surface area contributed by atoms with E-state index in [1.165, 1.54) is 23.1 Å². The topological polar surface area (TPSA) is 29.0 Å². The Hall–Kier alpha value is -1.94. The number of hydrogen-bond donors (Lipinski definition) is 0. The lowest BCUT2D eigenvalue weighted by Gasteiger charge is -2.20. The van der Waals surface area contributed by atoms with Crippen LogP contribution in [0.5, 0.6) is 0 Å². The van der Waals surface area contributed by atoms with E-state index in [-0.39, 0.29) is 0 Å². The van der Waals surface area contributed by atoms with E-state index in [4.69, 9.17) is 0 Å². The van der Waals surface area contributed by atoms with Crippen molar-refractivity contribution in [2.24, 2.45) is 5.92 Å². The Kier molecular flexibility index (Phi) is 4.00. The Balaban J connectivity index is 1.57. The van der Waals surface area contributed by atoms with Gasteiger partial charge < -0.3 is 4.90 Å². The van der Waals surface area contributed by atoms with E-state index in [1.807, 2.05) is 18.6 Å². The van der Waals surface area contributed by atoms with Gasteiger partial charge in [0.05, 0.1) is 5.52 Å². The summed E-state index contributed by atoms with van der Waals surface area (Å²) in [6, 6.07) is 12.7. The third-order valence-corrected chi connectivity index (χ3v) is 5.07. The predicted octanol–water partition coefficient (Wildman–Crippen LogP) is 4.46. The summed E-state index contributed by atoms with van der Waals surface area (Å²) >= 11 is 3.58. The first-order valence-corrected chi connectivity index (χ1v) is 8.77. The number of anilines is 1. The molecule has 0 radical (unpaired) electrons. The van der Waals surface area contributed by atoms with Crippen molar-refractivity contribution in [2.45, 2.75) is 12.8 Å². The molecule has 1 fully saturated rings. The van der Waals surface area contributed by atoms with Crippen molar-refractivity contribution in [1.82, 2.24) is 9.97 Å². The van der Waals surface area contributed by atoms with Crippen molar-refractivity contribution in [3.8, 4) is 0 Å². The van der Waals surface area contributed by atoms with Crippen LogP contribution in [0, 0.1) is 5.92 Å². The van der Waals surface area contributed by atoms with Gasteiger partial charge in [0.25, 0.3) is 0 Å². The van der Waals surface area contributed by atoms with E-state index < -0.39 is 0 Å². The van der Waals surface area contributed by atoms with Gasteiger partial charge in [0, 0.05) is 47.2 Å². The summed E-state index contributed by atoms with van der Waals surface area (Å²) in [5.74, 6) is 0.702. The highest BCUT2D eigenvalue weighted by molar-refractivity contribution is 9.10. The molecule has 1 aliphatic heterocycles. The van der Waals surface area contributed by atoms with E-state index in [9.17, 15) is 0 Å². The monoisotopic (exact) mass is 367 g/mol. The Labute approximate surface area is 144 Å². The predicted molar refractivity (Wildman–Crippen MR) is 97.7 cm³/mol. The molecule has 4 heteroatoms. The second-order valence-electron chi connectivity index (χ2n) is 6.15. The maximum absolute atomic E-state index is 4.49. The first-order valence-electron chi connectivity index (χ1n) is 7.98. The van der Waals surface area contributed by atoms with Crippen LogP contribution in [0.1, 0.15) is 12.0 Å². The number of nitrogens with zero attached hydrogens (tertiary/aromatic N) is 3. The lowest BCUT2D eigenvalue weighted by molar-refractivity contribution is 0.586. The smallest absolute Gasteiger partial charge is 0.0723 e. The van der Waals surface area contributed by atoms with Crippen LogP contribution in [0.2, 0.25) is 0 Å². The van der Waals surface area contributed by atoms with Crippen molar-refractivity contribution in [2.75, 3.05) is 18.0 Å². The van der Waals surface area contributed by atoms with Gasteiger partial charge >= 0.3 is 0 Å². The normalized spacial score (nSPS) is 17.8.